The summed E-state index contributed by atoms with van der Waals surface area (Å²) in [6, 6.07) is 13.1. The molecule has 5 rings (SSSR count). The third-order valence-electron chi connectivity index (χ3n) is 5.91. The van der Waals surface area contributed by atoms with Crippen LogP contribution in [0.1, 0.15) is 21.3 Å². The molecule has 1 aliphatic rings. The van der Waals surface area contributed by atoms with Gasteiger partial charge < -0.3 is 9.80 Å². The maximum absolute atomic E-state index is 12.6. The summed E-state index contributed by atoms with van der Waals surface area (Å²) in [5, 5.41) is 7.91. The molecule has 3 heterocycles. The minimum atomic E-state index is -3.53. The molecule has 184 valence electrons. The second-order valence-electron chi connectivity index (χ2n) is 8.66. The highest BCUT2D eigenvalue weighted by Gasteiger charge is 2.22. The van der Waals surface area contributed by atoms with Crippen molar-refractivity contribution in [3.8, 4) is 11.1 Å². The highest BCUT2D eigenvalue weighted by atomic mass is 32.2. The van der Waals surface area contributed by atoms with Gasteiger partial charge in [-0.1, -0.05) is 19.6 Å². The van der Waals surface area contributed by atoms with Gasteiger partial charge in [0.2, 0.25) is 10.0 Å². The number of nitrogens with zero attached hydrogens (tertiary/aromatic N) is 5. The first-order chi connectivity index (χ1) is 16.4. The summed E-state index contributed by atoms with van der Waals surface area (Å²) in [5.41, 5.74) is 3.88. The van der Waals surface area contributed by atoms with E-state index in [1.54, 1.807) is 30.7 Å². The Kier molecular flexibility index (Phi) is 7.04. The quantitative estimate of drug-likeness (QED) is 0.422. The number of fused-ring (bicyclic) bond motifs is 1. The molecule has 1 fully saturated rings. The fourth-order valence-corrected chi connectivity index (χ4v) is 5.58. The molecule has 0 bridgehead atoms. The predicted molar refractivity (Wildman–Crippen MR) is 140 cm³/mol. The van der Waals surface area contributed by atoms with Gasteiger partial charge in [-0.2, -0.15) is 5.10 Å². The van der Waals surface area contributed by atoms with Gasteiger partial charge in [-0.05, 0) is 49.7 Å². The van der Waals surface area contributed by atoms with Crippen molar-refractivity contribution in [2.75, 3.05) is 36.0 Å². The van der Waals surface area contributed by atoms with Crippen LogP contribution in [0.5, 0.6) is 0 Å². The number of rotatable bonds is 6. The van der Waals surface area contributed by atoms with Crippen LogP contribution in [-0.2, 0) is 10.0 Å². The Balaban J connectivity index is 0.00000289. The van der Waals surface area contributed by atoms with Crippen LogP contribution in [0.25, 0.3) is 22.0 Å². The van der Waals surface area contributed by atoms with Crippen LogP contribution in [-0.4, -0.2) is 60.8 Å². The molecule has 0 spiro atoms. The first-order valence-corrected chi connectivity index (χ1v) is 12.8. The largest absolute Gasteiger partial charge is 0.368 e. The first-order valence-electron chi connectivity index (χ1n) is 11.3. The Morgan fingerprint density at radius 3 is 2.46 bits per heavy atom. The number of benzene rings is 2. The van der Waals surface area contributed by atoms with Gasteiger partial charge >= 0.3 is 0 Å². The van der Waals surface area contributed by atoms with Crippen LogP contribution in [0.4, 0.5) is 11.5 Å². The SMILES string of the molecule is C.CC(C)NS(=O)(=O)c1cccc(N2CCN(c3ncnc4ccc(-c5cn[nH]c5)cc34)CC2)c1. The minimum absolute atomic E-state index is 0. The number of H-pyrrole nitrogens is 1. The standard InChI is InChI=1S/C24H27N7O2S.CH4/c1-17(2)29-34(32,33)21-5-3-4-20(13-21)30-8-10-31(11-9-30)24-22-12-18(19-14-27-28-15-19)6-7-23(22)25-16-26-24;/h3-7,12-17,29H,8-11H2,1-2H3,(H,27,28);1H4. The van der Waals surface area contributed by atoms with E-state index in [2.05, 4.69) is 40.8 Å². The number of hydrogen-bond donors (Lipinski definition) is 2. The normalized spacial score (nSPS) is 14.4. The molecule has 2 aromatic carbocycles. The molecule has 10 heteroatoms. The van der Waals surface area contributed by atoms with E-state index in [1.165, 1.54) is 0 Å². The third-order valence-corrected chi connectivity index (χ3v) is 7.57. The van der Waals surface area contributed by atoms with Gasteiger partial charge in [0.1, 0.15) is 12.1 Å². The zero-order valence-electron chi connectivity index (χ0n) is 19.1. The lowest BCUT2D eigenvalue weighted by Gasteiger charge is -2.37. The predicted octanol–water partition coefficient (Wildman–Crippen LogP) is 3.67. The lowest BCUT2D eigenvalue weighted by atomic mass is 10.1. The van der Waals surface area contributed by atoms with Crippen LogP contribution < -0.4 is 14.5 Å². The Morgan fingerprint density at radius 1 is 0.971 bits per heavy atom. The lowest BCUT2D eigenvalue weighted by Crippen LogP contribution is -2.47. The number of aromatic amines is 1. The highest BCUT2D eigenvalue weighted by molar-refractivity contribution is 7.89. The maximum atomic E-state index is 12.6. The molecule has 2 aromatic heterocycles. The Labute approximate surface area is 206 Å². The smallest absolute Gasteiger partial charge is 0.240 e. The van der Waals surface area contributed by atoms with Crippen LogP contribution >= 0.6 is 0 Å². The Bertz CT molecular complexity index is 1400. The summed E-state index contributed by atoms with van der Waals surface area (Å²) in [6.45, 7) is 6.68. The van der Waals surface area contributed by atoms with Crippen LogP contribution in [0.15, 0.2) is 66.1 Å². The lowest BCUT2D eigenvalue weighted by molar-refractivity contribution is 0.569. The molecule has 1 aliphatic heterocycles. The van der Waals surface area contributed by atoms with Crippen molar-refractivity contribution in [2.45, 2.75) is 32.2 Å². The first kappa shape index (κ1) is 24.6. The van der Waals surface area contributed by atoms with Gasteiger partial charge in [-0.3, -0.25) is 5.10 Å². The van der Waals surface area contributed by atoms with E-state index in [0.29, 0.717) is 0 Å². The number of piperazine rings is 1. The molecule has 0 saturated carbocycles. The molecule has 1 saturated heterocycles. The number of aromatic nitrogens is 4. The van der Waals surface area contributed by atoms with Gasteiger partial charge in [0, 0.05) is 55.1 Å². The van der Waals surface area contributed by atoms with Crippen molar-refractivity contribution in [1.82, 2.24) is 24.9 Å². The summed E-state index contributed by atoms with van der Waals surface area (Å²) < 4.78 is 27.8. The van der Waals surface area contributed by atoms with E-state index < -0.39 is 10.0 Å². The molecule has 0 amide bonds. The van der Waals surface area contributed by atoms with E-state index in [4.69, 9.17) is 0 Å². The van der Waals surface area contributed by atoms with E-state index in [0.717, 1.165) is 59.7 Å². The molecular formula is C25H31N7O2S. The van der Waals surface area contributed by atoms with Crippen LogP contribution in [0.2, 0.25) is 0 Å². The van der Waals surface area contributed by atoms with Gasteiger partial charge in [0.25, 0.3) is 0 Å². The molecule has 0 unspecified atom stereocenters. The second-order valence-corrected chi connectivity index (χ2v) is 10.4. The molecule has 35 heavy (non-hydrogen) atoms. The van der Waals surface area contributed by atoms with E-state index in [1.807, 2.05) is 38.2 Å². The summed E-state index contributed by atoms with van der Waals surface area (Å²) in [4.78, 5) is 13.8. The molecule has 2 N–H and O–H groups in total. The van der Waals surface area contributed by atoms with Crippen molar-refractivity contribution in [3.63, 3.8) is 0 Å². The average Bonchev–Trinajstić information content (AvgIpc) is 3.38. The summed E-state index contributed by atoms with van der Waals surface area (Å²) in [7, 11) is -3.53. The van der Waals surface area contributed by atoms with Gasteiger partial charge in [-0.15, -0.1) is 0 Å². The fraction of sp³-hybridized carbons (Fsp3) is 0.320. The number of anilines is 2. The molecule has 0 aliphatic carbocycles. The van der Waals surface area contributed by atoms with Crippen LogP contribution in [0, 0.1) is 0 Å². The van der Waals surface area contributed by atoms with E-state index >= 15 is 0 Å². The highest BCUT2D eigenvalue weighted by Crippen LogP contribution is 2.29. The second kappa shape index (κ2) is 10.0. The van der Waals surface area contributed by atoms with Crippen molar-refractivity contribution in [1.29, 1.82) is 0 Å². The molecule has 9 nitrogen and oxygen atoms in total. The maximum Gasteiger partial charge on any atom is 0.240 e. The van der Waals surface area contributed by atoms with Gasteiger partial charge in [-0.25, -0.2) is 23.1 Å². The molecule has 0 radical (unpaired) electrons. The van der Waals surface area contributed by atoms with Crippen molar-refractivity contribution in [3.05, 3.63) is 61.2 Å². The van der Waals surface area contributed by atoms with Crippen molar-refractivity contribution < 1.29 is 8.42 Å². The fourth-order valence-electron chi connectivity index (χ4n) is 4.29. The third kappa shape index (κ3) is 5.13. The van der Waals surface area contributed by atoms with E-state index in [-0.39, 0.29) is 18.4 Å². The monoisotopic (exact) mass is 493 g/mol. The molecular weight excluding hydrogens is 462 g/mol. The topological polar surface area (TPSA) is 107 Å². The summed E-state index contributed by atoms with van der Waals surface area (Å²) >= 11 is 0. The van der Waals surface area contributed by atoms with Crippen LogP contribution in [0.3, 0.4) is 0 Å². The number of sulfonamides is 1. The van der Waals surface area contributed by atoms with Crippen molar-refractivity contribution >= 4 is 32.4 Å². The van der Waals surface area contributed by atoms with Crippen molar-refractivity contribution in [2.24, 2.45) is 0 Å². The van der Waals surface area contributed by atoms with E-state index in [9.17, 15) is 8.42 Å². The molecule has 4 aromatic rings. The van der Waals surface area contributed by atoms with Gasteiger partial charge in [0.15, 0.2) is 0 Å². The van der Waals surface area contributed by atoms with Gasteiger partial charge in [0.05, 0.1) is 16.6 Å². The minimum Gasteiger partial charge on any atom is -0.368 e. The number of nitrogens with one attached hydrogen (secondary N) is 2. The Hall–Kier alpha value is -3.50. The zero-order valence-corrected chi connectivity index (χ0v) is 20.0. The Morgan fingerprint density at radius 2 is 1.74 bits per heavy atom. The number of hydrogen-bond acceptors (Lipinski definition) is 7. The zero-order chi connectivity index (χ0) is 23.7. The molecule has 0 atom stereocenters. The average molecular weight is 494 g/mol. The summed E-state index contributed by atoms with van der Waals surface area (Å²) in [5.74, 6) is 0.910. The summed E-state index contributed by atoms with van der Waals surface area (Å²) in [6.07, 6.45) is 5.28.